The van der Waals surface area contributed by atoms with E-state index in [2.05, 4.69) is 10.2 Å². The minimum absolute atomic E-state index is 0.478. The molecule has 3 rings (SSSR count). The summed E-state index contributed by atoms with van der Waals surface area (Å²) >= 11 is 0. The van der Waals surface area contributed by atoms with E-state index in [-0.39, 0.29) is 0 Å². The molecule has 1 aromatic rings. The predicted molar refractivity (Wildman–Crippen MR) is 75.6 cm³/mol. The molecule has 1 unspecified atom stereocenters. The third-order valence-electron chi connectivity index (χ3n) is 4.34. The van der Waals surface area contributed by atoms with Crippen molar-refractivity contribution < 1.29 is 8.78 Å². The minimum atomic E-state index is -0.478. The predicted octanol–water partition coefficient (Wildman–Crippen LogP) is 2.58. The molecule has 0 amide bonds. The van der Waals surface area contributed by atoms with Crippen molar-refractivity contribution in [2.45, 2.75) is 31.7 Å². The van der Waals surface area contributed by atoms with Gasteiger partial charge in [-0.15, -0.1) is 0 Å². The van der Waals surface area contributed by atoms with Crippen molar-refractivity contribution in [2.75, 3.05) is 26.2 Å². The van der Waals surface area contributed by atoms with Crippen LogP contribution in [0.2, 0.25) is 0 Å². The Hall–Kier alpha value is -1.00. The summed E-state index contributed by atoms with van der Waals surface area (Å²) < 4.78 is 26.3. The van der Waals surface area contributed by atoms with E-state index in [4.69, 9.17) is 0 Å². The van der Waals surface area contributed by atoms with E-state index in [1.807, 2.05) is 0 Å². The van der Waals surface area contributed by atoms with Gasteiger partial charge in [-0.3, -0.25) is 0 Å². The molecule has 1 N–H and O–H groups in total. The van der Waals surface area contributed by atoms with Gasteiger partial charge in [-0.05, 0) is 62.4 Å². The number of nitrogens with one attached hydrogen (secondary N) is 1. The molecule has 1 aliphatic heterocycles. The summed E-state index contributed by atoms with van der Waals surface area (Å²) in [5, 5.41) is 3.63. The number of rotatable bonds is 4. The molecule has 20 heavy (non-hydrogen) atoms. The Morgan fingerprint density at radius 3 is 2.60 bits per heavy atom. The van der Waals surface area contributed by atoms with Gasteiger partial charge in [0.1, 0.15) is 11.6 Å². The molecule has 1 saturated heterocycles. The first-order valence-electron chi connectivity index (χ1n) is 7.61. The van der Waals surface area contributed by atoms with Gasteiger partial charge < -0.3 is 10.2 Å². The maximum absolute atomic E-state index is 13.2. The van der Waals surface area contributed by atoms with Crippen LogP contribution in [-0.2, 0) is 6.42 Å². The van der Waals surface area contributed by atoms with Crippen LogP contribution in [0.15, 0.2) is 18.2 Å². The Bertz CT molecular complexity index is 440. The van der Waals surface area contributed by atoms with Gasteiger partial charge in [-0.25, -0.2) is 8.78 Å². The fourth-order valence-electron chi connectivity index (χ4n) is 3.08. The second-order valence-electron chi connectivity index (χ2n) is 6.08. The molecular weight excluding hydrogens is 258 g/mol. The molecule has 4 heteroatoms. The van der Waals surface area contributed by atoms with Crippen molar-refractivity contribution in [1.29, 1.82) is 0 Å². The summed E-state index contributed by atoms with van der Waals surface area (Å²) in [4.78, 5) is 2.44. The first-order chi connectivity index (χ1) is 9.70. The number of benzene rings is 1. The highest BCUT2D eigenvalue weighted by Crippen LogP contribution is 2.33. The maximum atomic E-state index is 13.2. The molecule has 1 atom stereocenters. The third kappa shape index (κ3) is 3.76. The van der Waals surface area contributed by atoms with E-state index >= 15 is 0 Å². The zero-order valence-electron chi connectivity index (χ0n) is 11.7. The molecule has 1 heterocycles. The molecule has 2 aliphatic rings. The van der Waals surface area contributed by atoms with Crippen molar-refractivity contribution in [2.24, 2.45) is 5.92 Å². The number of hydrogen-bond donors (Lipinski definition) is 1. The first kappa shape index (κ1) is 14.0. The molecule has 2 nitrogen and oxygen atoms in total. The average Bonchev–Trinajstić information content (AvgIpc) is 3.22. The molecule has 1 saturated carbocycles. The molecule has 0 aromatic heterocycles. The van der Waals surface area contributed by atoms with E-state index in [1.54, 1.807) is 0 Å². The van der Waals surface area contributed by atoms with Crippen molar-refractivity contribution in [3.63, 3.8) is 0 Å². The lowest BCUT2D eigenvalue weighted by Crippen LogP contribution is -2.39. The van der Waals surface area contributed by atoms with Crippen LogP contribution in [0.3, 0.4) is 0 Å². The lowest BCUT2D eigenvalue weighted by atomic mass is 10.1. The van der Waals surface area contributed by atoms with Crippen LogP contribution in [0.25, 0.3) is 0 Å². The minimum Gasteiger partial charge on any atom is -0.312 e. The standard InChI is InChI=1S/C16H22F2N2/c17-14-8-12(9-15(18)10-14)4-7-20-6-1-5-19-16(11-20)13-2-3-13/h8-10,13,16,19H,1-7,11H2. The van der Waals surface area contributed by atoms with Crippen molar-refractivity contribution in [1.82, 2.24) is 10.2 Å². The largest absolute Gasteiger partial charge is 0.312 e. The van der Waals surface area contributed by atoms with E-state index in [0.29, 0.717) is 12.5 Å². The van der Waals surface area contributed by atoms with E-state index in [1.165, 1.54) is 25.0 Å². The van der Waals surface area contributed by atoms with Crippen molar-refractivity contribution in [3.05, 3.63) is 35.4 Å². The zero-order valence-corrected chi connectivity index (χ0v) is 11.7. The van der Waals surface area contributed by atoms with Crippen LogP contribution in [0, 0.1) is 17.6 Å². The second-order valence-corrected chi connectivity index (χ2v) is 6.08. The van der Waals surface area contributed by atoms with Gasteiger partial charge in [0.25, 0.3) is 0 Å². The van der Waals surface area contributed by atoms with Crippen LogP contribution < -0.4 is 5.32 Å². The molecule has 1 aliphatic carbocycles. The first-order valence-corrected chi connectivity index (χ1v) is 7.61. The SMILES string of the molecule is Fc1cc(F)cc(CCN2CCCNC(C3CC3)C2)c1. The summed E-state index contributed by atoms with van der Waals surface area (Å²) in [7, 11) is 0. The number of nitrogens with zero attached hydrogens (tertiary/aromatic N) is 1. The summed E-state index contributed by atoms with van der Waals surface area (Å²) in [6.45, 7) is 4.12. The Morgan fingerprint density at radius 1 is 1.15 bits per heavy atom. The fourth-order valence-corrected chi connectivity index (χ4v) is 3.08. The molecule has 1 aromatic carbocycles. The van der Waals surface area contributed by atoms with Crippen LogP contribution in [0.5, 0.6) is 0 Å². The molecule has 110 valence electrons. The third-order valence-corrected chi connectivity index (χ3v) is 4.34. The highest BCUT2D eigenvalue weighted by molar-refractivity contribution is 5.18. The Morgan fingerprint density at radius 2 is 1.90 bits per heavy atom. The summed E-state index contributed by atoms with van der Waals surface area (Å²) in [5.41, 5.74) is 0.752. The van der Waals surface area contributed by atoms with E-state index in [9.17, 15) is 8.78 Å². The van der Waals surface area contributed by atoms with E-state index in [0.717, 1.165) is 50.1 Å². The molecular formula is C16H22F2N2. The van der Waals surface area contributed by atoms with Crippen LogP contribution in [0.1, 0.15) is 24.8 Å². The smallest absolute Gasteiger partial charge is 0.126 e. The highest BCUT2D eigenvalue weighted by atomic mass is 19.1. The number of halogens is 2. The molecule has 0 radical (unpaired) electrons. The Labute approximate surface area is 119 Å². The normalized spacial score (nSPS) is 24.6. The van der Waals surface area contributed by atoms with Crippen LogP contribution in [-0.4, -0.2) is 37.1 Å². The fraction of sp³-hybridized carbons (Fsp3) is 0.625. The van der Waals surface area contributed by atoms with Crippen molar-refractivity contribution in [3.8, 4) is 0 Å². The van der Waals surface area contributed by atoms with Gasteiger partial charge in [0.15, 0.2) is 0 Å². The molecule has 0 spiro atoms. The quantitative estimate of drug-likeness (QED) is 0.912. The van der Waals surface area contributed by atoms with Gasteiger partial charge in [0.2, 0.25) is 0 Å². The summed E-state index contributed by atoms with van der Waals surface area (Å²) in [5.74, 6) is -0.107. The van der Waals surface area contributed by atoms with Gasteiger partial charge in [0.05, 0.1) is 0 Å². The van der Waals surface area contributed by atoms with Crippen molar-refractivity contribution >= 4 is 0 Å². The summed E-state index contributed by atoms with van der Waals surface area (Å²) in [6.07, 6.45) is 4.56. The van der Waals surface area contributed by atoms with Gasteiger partial charge in [-0.2, -0.15) is 0 Å². The lowest BCUT2D eigenvalue weighted by Gasteiger charge is -2.24. The summed E-state index contributed by atoms with van der Waals surface area (Å²) in [6, 6.07) is 4.43. The Kier molecular flexibility index (Phi) is 4.32. The monoisotopic (exact) mass is 280 g/mol. The molecule has 2 fully saturated rings. The van der Waals surface area contributed by atoms with E-state index < -0.39 is 11.6 Å². The highest BCUT2D eigenvalue weighted by Gasteiger charge is 2.32. The maximum Gasteiger partial charge on any atom is 0.126 e. The lowest BCUT2D eigenvalue weighted by molar-refractivity contribution is 0.261. The van der Waals surface area contributed by atoms with Gasteiger partial charge in [0, 0.05) is 25.2 Å². The Balaban J connectivity index is 1.56. The topological polar surface area (TPSA) is 15.3 Å². The molecule has 0 bridgehead atoms. The average molecular weight is 280 g/mol. The number of hydrogen-bond acceptors (Lipinski definition) is 2. The van der Waals surface area contributed by atoms with Gasteiger partial charge >= 0.3 is 0 Å². The second kappa shape index (κ2) is 6.19. The van der Waals surface area contributed by atoms with Crippen LogP contribution in [0.4, 0.5) is 8.78 Å². The zero-order chi connectivity index (χ0) is 13.9. The van der Waals surface area contributed by atoms with Crippen LogP contribution >= 0.6 is 0 Å². The van der Waals surface area contributed by atoms with Gasteiger partial charge in [-0.1, -0.05) is 0 Å².